The minimum Gasteiger partial charge on any atom is -0.390 e. The second kappa shape index (κ2) is 6.14. The van der Waals surface area contributed by atoms with Gasteiger partial charge in [0.2, 0.25) is 0 Å². The molecule has 0 aromatic heterocycles. The van der Waals surface area contributed by atoms with Crippen molar-refractivity contribution in [3.8, 4) is 0 Å². The minimum absolute atomic E-state index is 0.206. The van der Waals surface area contributed by atoms with Crippen LogP contribution < -0.4 is 0 Å². The lowest BCUT2D eigenvalue weighted by Crippen LogP contribution is -2.32. The van der Waals surface area contributed by atoms with Crippen molar-refractivity contribution in [2.45, 2.75) is 44.6 Å². The minimum atomic E-state index is -4.32. The molecule has 0 saturated heterocycles. The lowest BCUT2D eigenvalue weighted by molar-refractivity contribution is -0.137. The average molecular weight is 288 g/mol. The first-order valence-electron chi connectivity index (χ1n) is 6.87. The highest BCUT2D eigenvalue weighted by atomic mass is 19.4. The van der Waals surface area contributed by atoms with E-state index in [2.05, 4.69) is 0 Å². The number of rotatable bonds is 6. The number of aliphatic hydroxyl groups excluding tert-OH is 1. The molecular weight excluding hydrogens is 269 g/mol. The van der Waals surface area contributed by atoms with Crippen LogP contribution in [0, 0.1) is 5.92 Å². The molecule has 20 heavy (non-hydrogen) atoms. The Labute approximate surface area is 116 Å². The van der Waals surface area contributed by atoms with Crippen molar-refractivity contribution in [3.05, 3.63) is 35.4 Å². The number of aliphatic hydroxyl groups is 1. The Balaban J connectivity index is 1.98. The van der Waals surface area contributed by atoms with Crippen LogP contribution in [0.4, 0.5) is 13.2 Å². The van der Waals surface area contributed by atoms with Crippen LogP contribution in [0.5, 0.6) is 0 Å². The molecule has 2 atom stereocenters. The van der Waals surface area contributed by atoms with E-state index in [0.717, 1.165) is 25.0 Å². The van der Waals surface area contributed by atoms with Gasteiger partial charge < -0.3 is 9.84 Å². The number of hydrogen-bond acceptors (Lipinski definition) is 2. The monoisotopic (exact) mass is 288 g/mol. The summed E-state index contributed by atoms with van der Waals surface area (Å²) in [6.07, 6.45) is -2.77. The topological polar surface area (TPSA) is 29.5 Å². The fraction of sp³-hybridized carbons (Fsp3) is 0.600. The normalized spacial score (nSPS) is 18.9. The summed E-state index contributed by atoms with van der Waals surface area (Å²) < 4.78 is 42.9. The van der Waals surface area contributed by atoms with E-state index in [4.69, 9.17) is 4.74 Å². The van der Waals surface area contributed by atoms with Gasteiger partial charge in [-0.1, -0.05) is 12.1 Å². The smallest absolute Gasteiger partial charge is 0.390 e. The van der Waals surface area contributed by atoms with Crippen molar-refractivity contribution < 1.29 is 23.0 Å². The summed E-state index contributed by atoms with van der Waals surface area (Å²) in [6.45, 7) is 2.41. The predicted octanol–water partition coefficient (Wildman–Crippen LogP) is 3.42. The third-order valence-corrected chi connectivity index (χ3v) is 3.55. The number of halogens is 3. The summed E-state index contributed by atoms with van der Waals surface area (Å²) in [5.74, 6) is 0.388. The molecule has 112 valence electrons. The van der Waals surface area contributed by atoms with E-state index in [1.54, 1.807) is 0 Å². The molecule has 1 aliphatic rings. The molecule has 0 radical (unpaired) electrons. The van der Waals surface area contributed by atoms with Gasteiger partial charge in [-0.3, -0.25) is 0 Å². The highest BCUT2D eigenvalue weighted by Gasteiger charge is 2.36. The molecule has 1 aromatic carbocycles. The van der Waals surface area contributed by atoms with E-state index in [9.17, 15) is 18.3 Å². The van der Waals surface area contributed by atoms with Crippen molar-refractivity contribution >= 4 is 0 Å². The molecule has 2 rings (SSSR count). The first-order chi connectivity index (χ1) is 9.41. The highest BCUT2D eigenvalue weighted by Crippen LogP contribution is 2.36. The highest BCUT2D eigenvalue weighted by molar-refractivity contribution is 5.25. The van der Waals surface area contributed by atoms with Gasteiger partial charge in [0.25, 0.3) is 0 Å². The van der Waals surface area contributed by atoms with E-state index >= 15 is 0 Å². The van der Waals surface area contributed by atoms with Gasteiger partial charge in [0, 0.05) is 13.0 Å². The van der Waals surface area contributed by atoms with Gasteiger partial charge in [0.1, 0.15) is 0 Å². The summed E-state index contributed by atoms with van der Waals surface area (Å²) in [5.41, 5.74) is 0.0233. The quantitative estimate of drug-likeness (QED) is 0.869. The fourth-order valence-corrected chi connectivity index (χ4v) is 2.37. The van der Waals surface area contributed by atoms with Gasteiger partial charge in [-0.25, -0.2) is 0 Å². The first kappa shape index (κ1) is 15.3. The second-order valence-corrected chi connectivity index (χ2v) is 5.22. The molecule has 2 nitrogen and oxygen atoms in total. The van der Waals surface area contributed by atoms with Crippen LogP contribution >= 0.6 is 0 Å². The first-order valence-corrected chi connectivity index (χ1v) is 6.87. The number of hydrogen-bond donors (Lipinski definition) is 1. The van der Waals surface area contributed by atoms with Crippen molar-refractivity contribution in [2.75, 3.05) is 6.61 Å². The molecule has 0 bridgehead atoms. The Morgan fingerprint density at radius 1 is 1.25 bits per heavy atom. The standard InChI is InChI=1S/C15H19F3O2/c1-2-20-14(11-5-6-11)13(19)9-10-3-7-12(8-4-10)15(16,17)18/h3-4,7-8,11,13-14,19H,2,5-6,9H2,1H3. The van der Waals surface area contributed by atoms with E-state index < -0.39 is 17.8 Å². The largest absolute Gasteiger partial charge is 0.416 e. The zero-order valence-electron chi connectivity index (χ0n) is 11.4. The summed E-state index contributed by atoms with van der Waals surface area (Å²) in [5, 5.41) is 10.2. The summed E-state index contributed by atoms with van der Waals surface area (Å²) in [4.78, 5) is 0. The van der Waals surface area contributed by atoms with Crippen LogP contribution in [0.1, 0.15) is 30.9 Å². The summed E-state index contributed by atoms with van der Waals surface area (Å²) >= 11 is 0. The molecule has 1 aromatic rings. The molecule has 1 saturated carbocycles. The number of ether oxygens (including phenoxy) is 1. The molecule has 5 heteroatoms. The average Bonchev–Trinajstić information content (AvgIpc) is 3.19. The van der Waals surface area contributed by atoms with E-state index in [-0.39, 0.29) is 6.10 Å². The zero-order chi connectivity index (χ0) is 14.8. The Morgan fingerprint density at radius 2 is 1.85 bits per heavy atom. The van der Waals surface area contributed by atoms with E-state index in [1.165, 1.54) is 12.1 Å². The van der Waals surface area contributed by atoms with Gasteiger partial charge >= 0.3 is 6.18 Å². The van der Waals surface area contributed by atoms with Crippen molar-refractivity contribution in [2.24, 2.45) is 5.92 Å². The number of alkyl halides is 3. The predicted molar refractivity (Wildman–Crippen MR) is 69.3 cm³/mol. The molecule has 0 heterocycles. The molecule has 1 aliphatic carbocycles. The van der Waals surface area contributed by atoms with E-state index in [1.807, 2.05) is 6.92 Å². The Hall–Kier alpha value is -1.07. The van der Waals surface area contributed by atoms with E-state index in [0.29, 0.717) is 24.5 Å². The lowest BCUT2D eigenvalue weighted by Gasteiger charge is -2.22. The van der Waals surface area contributed by atoms with Crippen LogP contribution in [0.3, 0.4) is 0 Å². The van der Waals surface area contributed by atoms with Crippen molar-refractivity contribution in [1.82, 2.24) is 0 Å². The Kier molecular flexibility index (Phi) is 4.70. The molecule has 0 amide bonds. The molecule has 1 N–H and O–H groups in total. The zero-order valence-corrected chi connectivity index (χ0v) is 11.4. The second-order valence-electron chi connectivity index (χ2n) is 5.22. The molecule has 2 unspecified atom stereocenters. The summed E-state index contributed by atoms with van der Waals surface area (Å²) in [7, 11) is 0. The van der Waals surface area contributed by atoms with Crippen LogP contribution in [-0.4, -0.2) is 23.9 Å². The van der Waals surface area contributed by atoms with Crippen molar-refractivity contribution in [1.29, 1.82) is 0 Å². The van der Waals surface area contributed by atoms with Gasteiger partial charge in [-0.2, -0.15) is 13.2 Å². The Morgan fingerprint density at radius 3 is 2.30 bits per heavy atom. The maximum atomic E-state index is 12.5. The third kappa shape index (κ3) is 3.96. The molecule has 1 fully saturated rings. The molecule has 0 spiro atoms. The van der Waals surface area contributed by atoms with Crippen LogP contribution in [0.15, 0.2) is 24.3 Å². The maximum Gasteiger partial charge on any atom is 0.416 e. The van der Waals surface area contributed by atoms with Gasteiger partial charge in [0.05, 0.1) is 17.8 Å². The van der Waals surface area contributed by atoms with Crippen molar-refractivity contribution in [3.63, 3.8) is 0 Å². The molecular formula is C15H19F3O2. The van der Waals surface area contributed by atoms with Crippen LogP contribution in [-0.2, 0) is 17.3 Å². The SMILES string of the molecule is CCOC(C(O)Cc1ccc(C(F)(F)F)cc1)C1CC1. The lowest BCUT2D eigenvalue weighted by atomic mass is 10.00. The Bertz CT molecular complexity index is 424. The number of benzene rings is 1. The van der Waals surface area contributed by atoms with Crippen LogP contribution in [0.25, 0.3) is 0 Å². The maximum absolute atomic E-state index is 12.5. The van der Waals surface area contributed by atoms with Gasteiger partial charge in [0.15, 0.2) is 0 Å². The third-order valence-electron chi connectivity index (χ3n) is 3.55. The van der Waals surface area contributed by atoms with Gasteiger partial charge in [-0.05, 0) is 43.4 Å². The fourth-order valence-electron chi connectivity index (χ4n) is 2.37. The van der Waals surface area contributed by atoms with Crippen LogP contribution in [0.2, 0.25) is 0 Å². The summed E-state index contributed by atoms with van der Waals surface area (Å²) in [6, 6.07) is 4.94. The molecule has 0 aliphatic heterocycles. The van der Waals surface area contributed by atoms with Gasteiger partial charge in [-0.15, -0.1) is 0 Å².